The number of nitro groups is 1. The fourth-order valence-corrected chi connectivity index (χ4v) is 2.93. The summed E-state index contributed by atoms with van der Waals surface area (Å²) in [5.41, 5.74) is 0.812. The highest BCUT2D eigenvalue weighted by Gasteiger charge is 2.11. The van der Waals surface area contributed by atoms with E-state index >= 15 is 0 Å². The first-order chi connectivity index (χ1) is 12.9. The molecule has 0 aliphatic heterocycles. The lowest BCUT2D eigenvalue weighted by molar-refractivity contribution is -0.384. The zero-order valence-corrected chi connectivity index (χ0v) is 14.4. The number of amides is 1. The molecule has 9 heteroatoms. The second-order valence-electron chi connectivity index (χ2n) is 5.34. The molecule has 0 radical (unpaired) electrons. The van der Waals surface area contributed by atoms with Crippen LogP contribution < -0.4 is 5.32 Å². The summed E-state index contributed by atoms with van der Waals surface area (Å²) in [6.45, 7) is 0. The van der Waals surface area contributed by atoms with Gasteiger partial charge in [-0.05, 0) is 23.8 Å². The summed E-state index contributed by atoms with van der Waals surface area (Å²) in [5.74, 6) is -1.93. The van der Waals surface area contributed by atoms with Crippen molar-refractivity contribution in [1.82, 2.24) is 4.98 Å². The van der Waals surface area contributed by atoms with E-state index in [1.54, 1.807) is 6.07 Å². The standard InChI is InChI=1S/C18H11F2N3O3S/c19-12-5-6-14(15(20)9-12)16-10-27-18(21-16)22-17(24)7-4-11-2-1-3-13(8-11)23(25)26/h1-10H,(H,21,22,24)/b7-4+. The van der Waals surface area contributed by atoms with Gasteiger partial charge < -0.3 is 0 Å². The van der Waals surface area contributed by atoms with Crippen LogP contribution in [0.4, 0.5) is 19.6 Å². The van der Waals surface area contributed by atoms with Crippen LogP contribution in [0.25, 0.3) is 17.3 Å². The van der Waals surface area contributed by atoms with Crippen LogP contribution >= 0.6 is 11.3 Å². The quantitative estimate of drug-likeness (QED) is 0.392. The number of non-ortho nitro benzene ring substituents is 1. The molecule has 0 bridgehead atoms. The predicted molar refractivity (Wildman–Crippen MR) is 98.2 cm³/mol. The highest BCUT2D eigenvalue weighted by Crippen LogP contribution is 2.27. The average Bonchev–Trinajstić information content (AvgIpc) is 3.08. The summed E-state index contributed by atoms with van der Waals surface area (Å²) in [5, 5.41) is 15.0. The van der Waals surface area contributed by atoms with Gasteiger partial charge in [-0.1, -0.05) is 12.1 Å². The van der Waals surface area contributed by atoms with Crippen LogP contribution in [-0.4, -0.2) is 15.8 Å². The fourth-order valence-electron chi connectivity index (χ4n) is 2.21. The lowest BCUT2D eigenvalue weighted by Gasteiger charge is -1.99. The van der Waals surface area contributed by atoms with Crippen LogP contribution in [0.2, 0.25) is 0 Å². The van der Waals surface area contributed by atoms with Crippen molar-refractivity contribution < 1.29 is 18.5 Å². The number of thiazole rings is 1. The zero-order chi connectivity index (χ0) is 19.4. The third-order valence-corrected chi connectivity index (χ3v) is 4.21. The largest absolute Gasteiger partial charge is 0.298 e. The van der Waals surface area contributed by atoms with Crippen molar-refractivity contribution in [2.45, 2.75) is 0 Å². The molecule has 0 fully saturated rings. The monoisotopic (exact) mass is 387 g/mol. The zero-order valence-electron chi connectivity index (χ0n) is 13.6. The van der Waals surface area contributed by atoms with Crippen molar-refractivity contribution in [3.63, 3.8) is 0 Å². The van der Waals surface area contributed by atoms with Gasteiger partial charge in [0.05, 0.1) is 10.6 Å². The van der Waals surface area contributed by atoms with E-state index in [4.69, 9.17) is 0 Å². The smallest absolute Gasteiger partial charge is 0.270 e. The molecule has 6 nitrogen and oxygen atoms in total. The molecule has 2 aromatic carbocycles. The Morgan fingerprint density at radius 2 is 2.04 bits per heavy atom. The molecule has 1 N–H and O–H groups in total. The Kier molecular flexibility index (Phi) is 5.32. The Bertz CT molecular complexity index is 1050. The Morgan fingerprint density at radius 3 is 2.78 bits per heavy atom. The van der Waals surface area contributed by atoms with Crippen LogP contribution in [0, 0.1) is 21.7 Å². The number of nitrogens with zero attached hydrogens (tertiary/aromatic N) is 2. The van der Waals surface area contributed by atoms with Crippen molar-refractivity contribution in [2.24, 2.45) is 0 Å². The third kappa shape index (κ3) is 4.59. The highest BCUT2D eigenvalue weighted by atomic mass is 32.1. The molecular weight excluding hydrogens is 376 g/mol. The molecule has 1 amide bonds. The van der Waals surface area contributed by atoms with Gasteiger partial charge in [-0.15, -0.1) is 11.3 Å². The lowest BCUT2D eigenvalue weighted by Crippen LogP contribution is -2.07. The minimum atomic E-state index is -0.747. The molecule has 1 heterocycles. The van der Waals surface area contributed by atoms with E-state index < -0.39 is 22.5 Å². The van der Waals surface area contributed by atoms with E-state index in [2.05, 4.69) is 10.3 Å². The van der Waals surface area contributed by atoms with E-state index in [-0.39, 0.29) is 22.1 Å². The van der Waals surface area contributed by atoms with Crippen LogP contribution in [0.3, 0.4) is 0 Å². The average molecular weight is 387 g/mol. The van der Waals surface area contributed by atoms with Gasteiger partial charge in [0.1, 0.15) is 11.6 Å². The number of halogens is 2. The van der Waals surface area contributed by atoms with E-state index in [9.17, 15) is 23.7 Å². The first-order valence-corrected chi connectivity index (χ1v) is 8.45. The van der Waals surface area contributed by atoms with Crippen LogP contribution in [0.5, 0.6) is 0 Å². The lowest BCUT2D eigenvalue weighted by atomic mass is 10.1. The number of nitro benzene ring substituents is 1. The summed E-state index contributed by atoms with van der Waals surface area (Å²) in [7, 11) is 0. The van der Waals surface area contributed by atoms with Crippen molar-refractivity contribution in [3.05, 3.63) is 81.2 Å². The number of carbonyl (C=O) groups excluding carboxylic acids is 1. The minimum absolute atomic E-state index is 0.0801. The maximum Gasteiger partial charge on any atom is 0.270 e. The molecule has 0 unspecified atom stereocenters. The van der Waals surface area contributed by atoms with Gasteiger partial charge in [0.15, 0.2) is 5.13 Å². The van der Waals surface area contributed by atoms with Crippen LogP contribution in [-0.2, 0) is 4.79 Å². The van der Waals surface area contributed by atoms with Gasteiger partial charge >= 0.3 is 0 Å². The topological polar surface area (TPSA) is 85.1 Å². The Hall–Kier alpha value is -3.46. The van der Waals surface area contributed by atoms with Gasteiger partial charge in [0, 0.05) is 35.2 Å². The van der Waals surface area contributed by atoms with Gasteiger partial charge in [0.25, 0.3) is 5.69 Å². The second-order valence-corrected chi connectivity index (χ2v) is 6.19. The molecule has 0 aliphatic carbocycles. The van der Waals surface area contributed by atoms with E-state index in [1.807, 2.05) is 0 Å². The number of anilines is 1. The maximum atomic E-state index is 13.8. The second kappa shape index (κ2) is 7.83. The van der Waals surface area contributed by atoms with E-state index in [1.165, 1.54) is 41.8 Å². The van der Waals surface area contributed by atoms with E-state index in [0.29, 0.717) is 5.56 Å². The maximum absolute atomic E-state index is 13.8. The number of rotatable bonds is 5. The number of nitrogens with one attached hydrogen (secondary N) is 1. The highest BCUT2D eigenvalue weighted by molar-refractivity contribution is 7.14. The molecule has 0 saturated heterocycles. The number of carbonyl (C=O) groups is 1. The van der Waals surface area contributed by atoms with Crippen molar-refractivity contribution >= 4 is 34.1 Å². The van der Waals surface area contributed by atoms with E-state index in [0.717, 1.165) is 23.5 Å². The summed E-state index contributed by atoms with van der Waals surface area (Å²) in [6.07, 6.45) is 2.63. The molecule has 3 rings (SSSR count). The molecular formula is C18H11F2N3O3S. The van der Waals surface area contributed by atoms with Gasteiger partial charge in [-0.25, -0.2) is 13.8 Å². The summed E-state index contributed by atoms with van der Waals surface area (Å²) in [6, 6.07) is 8.97. The Morgan fingerprint density at radius 1 is 1.22 bits per heavy atom. The predicted octanol–water partition coefficient (Wildman–Crippen LogP) is 4.65. The van der Waals surface area contributed by atoms with Crippen LogP contribution in [0.15, 0.2) is 53.9 Å². The van der Waals surface area contributed by atoms with Gasteiger partial charge in [-0.2, -0.15) is 0 Å². The third-order valence-electron chi connectivity index (χ3n) is 3.45. The molecule has 27 heavy (non-hydrogen) atoms. The fraction of sp³-hybridized carbons (Fsp3) is 0. The number of hydrogen-bond acceptors (Lipinski definition) is 5. The summed E-state index contributed by atoms with van der Waals surface area (Å²) in [4.78, 5) is 26.3. The first kappa shape index (κ1) is 18.3. The molecule has 0 spiro atoms. The first-order valence-electron chi connectivity index (χ1n) is 7.57. The molecule has 1 aromatic heterocycles. The van der Waals surface area contributed by atoms with Gasteiger partial charge in [-0.3, -0.25) is 20.2 Å². The summed E-state index contributed by atoms with van der Waals surface area (Å²) >= 11 is 1.09. The molecule has 0 saturated carbocycles. The normalized spacial score (nSPS) is 10.9. The summed E-state index contributed by atoms with van der Waals surface area (Å²) < 4.78 is 26.8. The molecule has 136 valence electrons. The number of hydrogen-bond donors (Lipinski definition) is 1. The SMILES string of the molecule is O=C(/C=C/c1cccc([N+](=O)[O-])c1)Nc1nc(-c2ccc(F)cc2F)cs1. The molecule has 0 atom stereocenters. The Labute approximate surface area is 156 Å². The van der Waals surface area contributed by atoms with Crippen molar-refractivity contribution in [3.8, 4) is 11.3 Å². The van der Waals surface area contributed by atoms with Gasteiger partial charge in [0.2, 0.25) is 5.91 Å². The van der Waals surface area contributed by atoms with Crippen LogP contribution in [0.1, 0.15) is 5.56 Å². The molecule has 0 aliphatic rings. The van der Waals surface area contributed by atoms with Crippen molar-refractivity contribution in [2.75, 3.05) is 5.32 Å². The van der Waals surface area contributed by atoms with Crippen molar-refractivity contribution in [1.29, 1.82) is 0 Å². The minimum Gasteiger partial charge on any atom is -0.298 e. The number of benzene rings is 2. The Balaban J connectivity index is 1.69. The number of aromatic nitrogens is 1. The molecule has 3 aromatic rings.